The van der Waals surface area contributed by atoms with Crippen LogP contribution in [-0.4, -0.2) is 17.3 Å². The number of H-pyrrole nitrogens is 1. The predicted molar refractivity (Wildman–Crippen MR) is 88.8 cm³/mol. The maximum atomic E-state index is 11.8. The molecule has 0 unspecified atom stereocenters. The largest absolute Gasteiger partial charge is 0.497 e. The normalized spacial score (nSPS) is 11.2. The Morgan fingerprint density at radius 1 is 1.17 bits per heavy atom. The van der Waals surface area contributed by atoms with Crippen LogP contribution in [0, 0.1) is 11.3 Å². The zero-order valence-electron chi connectivity index (χ0n) is 12.4. The molecule has 0 saturated carbocycles. The number of ether oxygens (including phenoxy) is 1. The second kappa shape index (κ2) is 6.16. The van der Waals surface area contributed by atoms with Crippen molar-refractivity contribution in [2.45, 2.75) is 0 Å². The average molecular weight is 303 g/mol. The Kier molecular flexibility index (Phi) is 3.89. The van der Waals surface area contributed by atoms with E-state index in [4.69, 9.17) is 4.74 Å². The highest BCUT2D eigenvalue weighted by atomic mass is 16.5. The van der Waals surface area contributed by atoms with Crippen molar-refractivity contribution >= 4 is 22.4 Å². The summed E-state index contributed by atoms with van der Waals surface area (Å²) in [4.78, 5) is 11.8. The Morgan fingerprint density at radius 3 is 2.52 bits per heavy atom. The van der Waals surface area contributed by atoms with Gasteiger partial charge in [0.05, 0.1) is 18.1 Å². The maximum absolute atomic E-state index is 11.8. The number of allylic oxidation sites excluding steroid dienone is 1. The van der Waals surface area contributed by atoms with Crippen molar-refractivity contribution in [1.29, 1.82) is 5.26 Å². The van der Waals surface area contributed by atoms with Gasteiger partial charge < -0.3 is 4.74 Å². The topological polar surface area (TPSA) is 78.8 Å². The summed E-state index contributed by atoms with van der Waals surface area (Å²) in [6, 6.07) is 16.6. The van der Waals surface area contributed by atoms with E-state index in [1.807, 2.05) is 30.3 Å². The average Bonchev–Trinajstić information content (AvgIpc) is 2.61. The third kappa shape index (κ3) is 2.83. The van der Waals surface area contributed by atoms with Gasteiger partial charge in [-0.05, 0) is 29.8 Å². The van der Waals surface area contributed by atoms with Gasteiger partial charge in [0.15, 0.2) is 0 Å². The number of nitrogens with one attached hydrogen (secondary N) is 1. The fourth-order valence-electron chi connectivity index (χ4n) is 2.34. The highest BCUT2D eigenvalue weighted by Gasteiger charge is 2.10. The van der Waals surface area contributed by atoms with E-state index < -0.39 is 0 Å². The molecule has 0 saturated heterocycles. The van der Waals surface area contributed by atoms with Crippen LogP contribution < -0.4 is 10.3 Å². The van der Waals surface area contributed by atoms with Crippen LogP contribution in [0.4, 0.5) is 0 Å². The molecule has 0 radical (unpaired) electrons. The Bertz CT molecular complexity index is 980. The summed E-state index contributed by atoms with van der Waals surface area (Å²) in [6.07, 6.45) is 1.73. The van der Waals surface area contributed by atoms with E-state index in [9.17, 15) is 10.1 Å². The van der Waals surface area contributed by atoms with Crippen LogP contribution in [0.2, 0.25) is 0 Å². The molecule has 0 aliphatic rings. The van der Waals surface area contributed by atoms with E-state index in [2.05, 4.69) is 16.3 Å². The summed E-state index contributed by atoms with van der Waals surface area (Å²) in [6.45, 7) is 0. The first-order valence-corrected chi connectivity index (χ1v) is 6.96. The number of aromatic nitrogens is 2. The van der Waals surface area contributed by atoms with Crippen LogP contribution in [0.3, 0.4) is 0 Å². The molecule has 5 nitrogen and oxygen atoms in total. The minimum absolute atomic E-state index is 0.272. The number of nitriles is 1. The lowest BCUT2D eigenvalue weighted by molar-refractivity contribution is 0.415. The number of benzene rings is 2. The SMILES string of the molecule is COc1ccc(/C=C(\C#N)c2n[nH]c(=O)c3ccccc23)cc1. The van der Waals surface area contributed by atoms with Gasteiger partial charge in [0.2, 0.25) is 0 Å². The second-order valence-electron chi connectivity index (χ2n) is 4.89. The van der Waals surface area contributed by atoms with Crippen LogP contribution in [0.5, 0.6) is 5.75 Å². The molecule has 2 aromatic carbocycles. The molecule has 0 spiro atoms. The van der Waals surface area contributed by atoms with Gasteiger partial charge in [-0.3, -0.25) is 4.79 Å². The lowest BCUT2D eigenvalue weighted by atomic mass is 10.0. The molecule has 0 atom stereocenters. The van der Waals surface area contributed by atoms with Gasteiger partial charge in [0.1, 0.15) is 17.5 Å². The minimum Gasteiger partial charge on any atom is -0.497 e. The van der Waals surface area contributed by atoms with E-state index in [-0.39, 0.29) is 5.56 Å². The fourth-order valence-corrected chi connectivity index (χ4v) is 2.34. The molecular weight excluding hydrogens is 290 g/mol. The van der Waals surface area contributed by atoms with Crippen molar-refractivity contribution in [3.8, 4) is 11.8 Å². The van der Waals surface area contributed by atoms with Gasteiger partial charge in [-0.25, -0.2) is 5.10 Å². The monoisotopic (exact) mass is 303 g/mol. The molecule has 5 heteroatoms. The Hall–Kier alpha value is -3.39. The van der Waals surface area contributed by atoms with Gasteiger partial charge in [-0.15, -0.1) is 0 Å². The first-order valence-electron chi connectivity index (χ1n) is 6.96. The predicted octanol–water partition coefficient (Wildman–Crippen LogP) is 3.00. The summed E-state index contributed by atoms with van der Waals surface area (Å²) < 4.78 is 5.12. The number of hydrogen-bond donors (Lipinski definition) is 1. The molecule has 1 heterocycles. The first kappa shape index (κ1) is 14.5. The van der Waals surface area contributed by atoms with Crippen molar-refractivity contribution in [3.05, 3.63) is 70.1 Å². The first-order chi connectivity index (χ1) is 11.2. The molecule has 0 fully saturated rings. The summed E-state index contributed by atoms with van der Waals surface area (Å²) in [5.74, 6) is 0.744. The van der Waals surface area contributed by atoms with E-state index in [0.29, 0.717) is 22.0 Å². The van der Waals surface area contributed by atoms with Gasteiger partial charge in [-0.2, -0.15) is 10.4 Å². The molecule has 0 aliphatic heterocycles. The highest BCUT2D eigenvalue weighted by molar-refractivity contribution is 5.99. The van der Waals surface area contributed by atoms with Gasteiger partial charge in [0.25, 0.3) is 5.56 Å². The molecule has 112 valence electrons. The number of nitrogens with zero attached hydrogens (tertiary/aromatic N) is 2. The number of fused-ring (bicyclic) bond motifs is 1. The zero-order chi connectivity index (χ0) is 16.2. The molecule has 3 rings (SSSR count). The maximum Gasteiger partial charge on any atom is 0.272 e. The second-order valence-corrected chi connectivity index (χ2v) is 4.89. The van der Waals surface area contributed by atoms with Crippen molar-refractivity contribution < 1.29 is 4.74 Å². The summed E-state index contributed by atoms with van der Waals surface area (Å²) in [5, 5.41) is 17.2. The third-order valence-electron chi connectivity index (χ3n) is 3.50. The molecule has 0 amide bonds. The van der Waals surface area contributed by atoms with Crippen LogP contribution in [-0.2, 0) is 0 Å². The molecule has 1 aromatic heterocycles. The third-order valence-corrected chi connectivity index (χ3v) is 3.50. The van der Waals surface area contributed by atoms with Crippen molar-refractivity contribution in [2.75, 3.05) is 7.11 Å². The molecule has 0 bridgehead atoms. The van der Waals surface area contributed by atoms with Crippen molar-refractivity contribution in [3.63, 3.8) is 0 Å². The zero-order valence-corrected chi connectivity index (χ0v) is 12.4. The standard InChI is InChI=1S/C18H13N3O2/c1-23-14-8-6-12(7-9-14)10-13(11-19)17-15-4-2-3-5-16(15)18(22)21-20-17/h2-10H,1H3,(H,21,22)/b13-10+. The van der Waals surface area contributed by atoms with Crippen LogP contribution >= 0.6 is 0 Å². The number of hydrogen-bond acceptors (Lipinski definition) is 4. The Labute approximate surface area is 132 Å². The van der Waals surface area contributed by atoms with E-state index in [1.54, 1.807) is 31.4 Å². The lowest BCUT2D eigenvalue weighted by Crippen LogP contribution is -2.10. The number of rotatable bonds is 3. The van der Waals surface area contributed by atoms with E-state index >= 15 is 0 Å². The van der Waals surface area contributed by atoms with Crippen LogP contribution in [0.1, 0.15) is 11.3 Å². The van der Waals surface area contributed by atoms with Gasteiger partial charge in [-0.1, -0.05) is 30.3 Å². The Morgan fingerprint density at radius 2 is 1.87 bits per heavy atom. The molecule has 23 heavy (non-hydrogen) atoms. The molecule has 1 N–H and O–H groups in total. The molecular formula is C18H13N3O2. The lowest BCUT2D eigenvalue weighted by Gasteiger charge is -2.04. The van der Waals surface area contributed by atoms with Crippen molar-refractivity contribution in [2.24, 2.45) is 0 Å². The van der Waals surface area contributed by atoms with E-state index in [0.717, 1.165) is 11.3 Å². The Balaban J connectivity index is 2.15. The number of aromatic amines is 1. The van der Waals surface area contributed by atoms with Gasteiger partial charge >= 0.3 is 0 Å². The summed E-state index contributed by atoms with van der Waals surface area (Å²) >= 11 is 0. The minimum atomic E-state index is -0.272. The highest BCUT2D eigenvalue weighted by Crippen LogP contribution is 2.23. The summed E-state index contributed by atoms with van der Waals surface area (Å²) in [7, 11) is 1.60. The van der Waals surface area contributed by atoms with Crippen LogP contribution in [0.15, 0.2) is 53.3 Å². The van der Waals surface area contributed by atoms with Gasteiger partial charge in [0, 0.05) is 5.39 Å². The fraction of sp³-hybridized carbons (Fsp3) is 0.0556. The summed E-state index contributed by atoms with van der Waals surface area (Å²) in [5.41, 5.74) is 1.41. The quantitative estimate of drug-likeness (QED) is 0.754. The number of methoxy groups -OCH3 is 1. The van der Waals surface area contributed by atoms with E-state index in [1.165, 1.54) is 0 Å². The molecule has 3 aromatic rings. The van der Waals surface area contributed by atoms with Crippen LogP contribution in [0.25, 0.3) is 22.4 Å². The molecule has 0 aliphatic carbocycles. The van der Waals surface area contributed by atoms with Crippen molar-refractivity contribution in [1.82, 2.24) is 10.2 Å². The smallest absolute Gasteiger partial charge is 0.272 e.